The Morgan fingerprint density at radius 2 is 2.00 bits per heavy atom. The highest BCUT2D eigenvalue weighted by Gasteiger charge is 2.32. The molecule has 0 saturated heterocycles. The Balaban J connectivity index is 1.57. The van der Waals surface area contributed by atoms with Gasteiger partial charge in [-0.3, -0.25) is 9.89 Å². The normalized spacial score (nSPS) is 18.2. The smallest absolute Gasteiger partial charge is 0.275 e. The van der Waals surface area contributed by atoms with Crippen LogP contribution in [-0.4, -0.2) is 51.0 Å². The fraction of sp³-hybridized carbons (Fsp3) is 0.611. The number of aromatic amines is 1. The average molecular weight is 343 g/mol. The summed E-state index contributed by atoms with van der Waals surface area (Å²) in [5.41, 5.74) is 3.45. The number of oxazole rings is 1. The molecule has 0 atom stereocenters. The highest BCUT2D eigenvalue weighted by Crippen LogP contribution is 2.28. The zero-order valence-electron chi connectivity index (χ0n) is 15.3. The lowest BCUT2D eigenvalue weighted by Crippen LogP contribution is -2.37. The van der Waals surface area contributed by atoms with Gasteiger partial charge in [0.1, 0.15) is 11.5 Å². The van der Waals surface area contributed by atoms with Crippen molar-refractivity contribution in [2.45, 2.75) is 52.1 Å². The number of hydrogen-bond acceptors (Lipinski definition) is 5. The molecule has 0 radical (unpaired) electrons. The summed E-state index contributed by atoms with van der Waals surface area (Å²) in [5.74, 6) is 1.64. The van der Waals surface area contributed by atoms with Gasteiger partial charge in [0.25, 0.3) is 5.91 Å². The number of fused-ring (bicyclic) bond motifs is 2. The number of carbonyl (C=O) groups is 1. The maximum Gasteiger partial charge on any atom is 0.275 e. The molecule has 1 N–H and O–H groups in total. The fourth-order valence-corrected chi connectivity index (χ4v) is 3.45. The van der Waals surface area contributed by atoms with E-state index >= 15 is 0 Å². The standard InChI is InChI=1S/C18H25N5O2/c1-18(2,3)17-19-13-10-23(8-6-14(13)25-17)16(24)15-11-9-22(4)7-5-12(11)20-21-15/h5-10H2,1-4H3,(H,20,21). The Morgan fingerprint density at radius 1 is 1.20 bits per heavy atom. The van der Waals surface area contributed by atoms with Crippen molar-refractivity contribution in [1.29, 1.82) is 0 Å². The molecule has 2 aromatic heterocycles. The van der Waals surface area contributed by atoms with Crippen molar-refractivity contribution in [1.82, 2.24) is 25.0 Å². The van der Waals surface area contributed by atoms with Crippen LogP contribution in [0.1, 0.15) is 59.9 Å². The Labute approximate surface area is 147 Å². The van der Waals surface area contributed by atoms with Gasteiger partial charge in [0.05, 0.1) is 6.54 Å². The van der Waals surface area contributed by atoms with Gasteiger partial charge in [0, 0.05) is 49.1 Å². The number of aromatic nitrogens is 3. The average Bonchev–Trinajstić information content (AvgIpc) is 3.16. The fourth-order valence-electron chi connectivity index (χ4n) is 3.45. The van der Waals surface area contributed by atoms with Crippen molar-refractivity contribution in [3.8, 4) is 0 Å². The SMILES string of the molecule is CN1CCc2[nH]nc(C(=O)N3CCc4oc(C(C)(C)C)nc4C3)c2C1. The predicted molar refractivity (Wildman–Crippen MR) is 92.3 cm³/mol. The molecule has 0 fully saturated rings. The van der Waals surface area contributed by atoms with Crippen molar-refractivity contribution in [2.24, 2.45) is 0 Å². The van der Waals surface area contributed by atoms with Crippen molar-refractivity contribution in [3.05, 3.63) is 34.3 Å². The van der Waals surface area contributed by atoms with E-state index in [1.807, 2.05) is 4.90 Å². The first-order valence-corrected chi connectivity index (χ1v) is 8.86. The highest BCUT2D eigenvalue weighted by molar-refractivity contribution is 5.94. The van der Waals surface area contributed by atoms with Gasteiger partial charge in [-0.15, -0.1) is 0 Å². The summed E-state index contributed by atoms with van der Waals surface area (Å²) in [4.78, 5) is 21.7. The van der Waals surface area contributed by atoms with Crippen molar-refractivity contribution < 1.29 is 9.21 Å². The summed E-state index contributed by atoms with van der Waals surface area (Å²) in [5, 5.41) is 7.37. The molecule has 4 heterocycles. The van der Waals surface area contributed by atoms with Crippen molar-refractivity contribution in [2.75, 3.05) is 20.1 Å². The quantitative estimate of drug-likeness (QED) is 0.855. The molecule has 0 aliphatic carbocycles. The van der Waals surface area contributed by atoms with E-state index in [2.05, 4.69) is 47.9 Å². The molecule has 25 heavy (non-hydrogen) atoms. The van der Waals surface area contributed by atoms with Gasteiger partial charge in [0.15, 0.2) is 11.6 Å². The molecule has 0 saturated carbocycles. The topological polar surface area (TPSA) is 78.3 Å². The third-order valence-corrected chi connectivity index (χ3v) is 4.98. The minimum Gasteiger partial charge on any atom is -0.445 e. The molecule has 7 nitrogen and oxygen atoms in total. The Bertz CT molecular complexity index is 814. The van der Waals surface area contributed by atoms with Crippen LogP contribution < -0.4 is 0 Å². The van der Waals surface area contributed by atoms with E-state index in [0.717, 1.165) is 48.1 Å². The van der Waals surface area contributed by atoms with E-state index in [1.165, 1.54) is 0 Å². The maximum absolute atomic E-state index is 13.0. The Morgan fingerprint density at radius 3 is 2.76 bits per heavy atom. The second-order valence-electron chi connectivity index (χ2n) is 8.13. The largest absolute Gasteiger partial charge is 0.445 e. The minimum absolute atomic E-state index is 0.0150. The highest BCUT2D eigenvalue weighted by atomic mass is 16.4. The van der Waals surface area contributed by atoms with Crippen LogP contribution in [-0.2, 0) is 31.3 Å². The van der Waals surface area contributed by atoms with E-state index in [-0.39, 0.29) is 11.3 Å². The number of likely N-dealkylation sites (N-methyl/N-ethyl adjacent to an activating group) is 1. The number of nitrogens with one attached hydrogen (secondary N) is 1. The summed E-state index contributed by atoms with van der Waals surface area (Å²) < 4.78 is 5.92. The van der Waals surface area contributed by atoms with Crippen LogP contribution in [0.2, 0.25) is 0 Å². The predicted octanol–water partition coefficient (Wildman–Crippen LogP) is 1.88. The van der Waals surface area contributed by atoms with Gasteiger partial charge < -0.3 is 14.2 Å². The molecule has 0 spiro atoms. The van der Waals surface area contributed by atoms with Crippen LogP contribution in [0.25, 0.3) is 0 Å². The van der Waals surface area contributed by atoms with Gasteiger partial charge in [-0.2, -0.15) is 5.10 Å². The summed E-state index contributed by atoms with van der Waals surface area (Å²) in [6.45, 7) is 9.14. The lowest BCUT2D eigenvalue weighted by atomic mass is 9.97. The number of H-pyrrole nitrogens is 1. The number of amides is 1. The number of carbonyl (C=O) groups excluding carboxylic acids is 1. The van der Waals surface area contributed by atoms with Gasteiger partial charge >= 0.3 is 0 Å². The maximum atomic E-state index is 13.0. The molecule has 2 aromatic rings. The molecule has 7 heteroatoms. The first kappa shape index (κ1) is 16.3. The summed E-state index contributed by atoms with van der Waals surface area (Å²) >= 11 is 0. The number of nitrogens with zero attached hydrogens (tertiary/aromatic N) is 4. The van der Waals surface area contributed by atoms with E-state index in [9.17, 15) is 4.79 Å². The second kappa shape index (κ2) is 5.69. The molecule has 2 aliphatic heterocycles. The zero-order valence-corrected chi connectivity index (χ0v) is 15.3. The molecule has 0 unspecified atom stereocenters. The molecular formula is C18H25N5O2. The van der Waals surface area contributed by atoms with Crippen LogP contribution in [0.15, 0.2) is 4.42 Å². The van der Waals surface area contributed by atoms with Gasteiger partial charge in [-0.1, -0.05) is 20.8 Å². The lowest BCUT2D eigenvalue weighted by Gasteiger charge is -2.26. The van der Waals surface area contributed by atoms with Crippen LogP contribution in [0, 0.1) is 0 Å². The first-order valence-electron chi connectivity index (χ1n) is 8.86. The summed E-state index contributed by atoms with van der Waals surface area (Å²) in [6, 6.07) is 0. The molecule has 1 amide bonds. The van der Waals surface area contributed by atoms with Gasteiger partial charge in [-0.25, -0.2) is 4.98 Å². The first-order chi connectivity index (χ1) is 11.8. The van der Waals surface area contributed by atoms with Gasteiger partial charge in [0.2, 0.25) is 0 Å². The summed E-state index contributed by atoms with van der Waals surface area (Å²) in [6.07, 6.45) is 1.62. The molecule has 4 rings (SSSR count). The van der Waals surface area contributed by atoms with Crippen LogP contribution in [0.3, 0.4) is 0 Å². The van der Waals surface area contributed by atoms with Crippen LogP contribution in [0.5, 0.6) is 0 Å². The van der Waals surface area contributed by atoms with E-state index in [1.54, 1.807) is 0 Å². The Kier molecular flexibility index (Phi) is 3.72. The molecule has 2 aliphatic rings. The molecule has 0 bridgehead atoms. The van der Waals surface area contributed by atoms with Gasteiger partial charge in [-0.05, 0) is 7.05 Å². The lowest BCUT2D eigenvalue weighted by molar-refractivity contribution is 0.0719. The van der Waals surface area contributed by atoms with E-state index < -0.39 is 0 Å². The summed E-state index contributed by atoms with van der Waals surface area (Å²) in [7, 11) is 2.07. The molecule has 0 aromatic carbocycles. The second-order valence-corrected chi connectivity index (χ2v) is 8.13. The number of hydrogen-bond donors (Lipinski definition) is 1. The van der Waals surface area contributed by atoms with Crippen LogP contribution in [0.4, 0.5) is 0 Å². The molecular weight excluding hydrogens is 318 g/mol. The Hall–Kier alpha value is -2.15. The third kappa shape index (κ3) is 2.86. The van der Waals surface area contributed by atoms with E-state index in [0.29, 0.717) is 25.2 Å². The number of rotatable bonds is 1. The van der Waals surface area contributed by atoms with Crippen molar-refractivity contribution >= 4 is 5.91 Å². The van der Waals surface area contributed by atoms with E-state index in [4.69, 9.17) is 4.42 Å². The monoisotopic (exact) mass is 343 g/mol. The zero-order chi connectivity index (χ0) is 17.8. The minimum atomic E-state index is -0.127. The third-order valence-electron chi connectivity index (χ3n) is 4.98. The van der Waals surface area contributed by atoms with Crippen LogP contribution >= 0.6 is 0 Å². The molecule has 134 valence electrons. The van der Waals surface area contributed by atoms with Crippen molar-refractivity contribution in [3.63, 3.8) is 0 Å².